The standard InChI is InChI=1S/C20H17Cl2N3OS/c1-12-3-6-18-15(7-12)13(2)8-20(24-18)27-11-19(26)25-23-10-14-4-5-16(21)17(22)9-14/h3-10H,11H2,1-2H3,(H,25,26). The molecule has 4 nitrogen and oxygen atoms in total. The molecule has 0 radical (unpaired) electrons. The van der Waals surface area contributed by atoms with Gasteiger partial charge in [0.15, 0.2) is 0 Å². The molecular formula is C20H17Cl2N3OS. The molecule has 0 atom stereocenters. The number of amides is 1. The smallest absolute Gasteiger partial charge is 0.250 e. The molecule has 0 spiro atoms. The van der Waals surface area contributed by atoms with Crippen LogP contribution < -0.4 is 5.43 Å². The number of thioether (sulfide) groups is 1. The van der Waals surface area contributed by atoms with Crippen molar-refractivity contribution in [2.45, 2.75) is 18.9 Å². The summed E-state index contributed by atoms with van der Waals surface area (Å²) in [6.45, 7) is 4.11. The number of nitrogens with one attached hydrogen (secondary N) is 1. The van der Waals surface area contributed by atoms with Crippen molar-refractivity contribution in [2.24, 2.45) is 5.10 Å². The fraction of sp³-hybridized carbons (Fsp3) is 0.150. The second kappa shape index (κ2) is 8.74. The first-order valence-electron chi connectivity index (χ1n) is 8.20. The molecule has 27 heavy (non-hydrogen) atoms. The predicted molar refractivity (Wildman–Crippen MR) is 114 cm³/mol. The summed E-state index contributed by atoms with van der Waals surface area (Å²) in [5.41, 5.74) is 6.53. The van der Waals surface area contributed by atoms with Crippen LogP contribution in [0, 0.1) is 13.8 Å². The lowest BCUT2D eigenvalue weighted by atomic mass is 10.1. The van der Waals surface area contributed by atoms with E-state index >= 15 is 0 Å². The molecule has 1 heterocycles. The number of aryl methyl sites for hydroxylation is 2. The van der Waals surface area contributed by atoms with Gasteiger partial charge in [-0.05, 0) is 55.3 Å². The average molecular weight is 418 g/mol. The summed E-state index contributed by atoms with van der Waals surface area (Å²) in [7, 11) is 0. The van der Waals surface area contributed by atoms with Crippen LogP contribution in [-0.2, 0) is 4.79 Å². The van der Waals surface area contributed by atoms with E-state index < -0.39 is 0 Å². The summed E-state index contributed by atoms with van der Waals surface area (Å²) in [5, 5.41) is 6.80. The minimum absolute atomic E-state index is 0.209. The van der Waals surface area contributed by atoms with E-state index in [4.69, 9.17) is 23.2 Å². The van der Waals surface area contributed by atoms with Crippen molar-refractivity contribution in [3.8, 4) is 0 Å². The number of pyridine rings is 1. The summed E-state index contributed by atoms with van der Waals surface area (Å²) in [4.78, 5) is 16.6. The van der Waals surface area contributed by atoms with Gasteiger partial charge in [-0.2, -0.15) is 5.10 Å². The number of nitrogens with zero attached hydrogens (tertiary/aromatic N) is 2. The summed E-state index contributed by atoms with van der Waals surface area (Å²) in [6.07, 6.45) is 1.52. The molecule has 1 aromatic heterocycles. The normalized spacial score (nSPS) is 11.3. The predicted octanol–water partition coefficient (Wildman–Crippen LogP) is 5.40. The molecule has 0 aliphatic rings. The van der Waals surface area contributed by atoms with Crippen molar-refractivity contribution in [1.82, 2.24) is 10.4 Å². The maximum Gasteiger partial charge on any atom is 0.250 e. The van der Waals surface area contributed by atoms with Crippen molar-refractivity contribution >= 4 is 58.0 Å². The number of halogens is 2. The second-order valence-electron chi connectivity index (χ2n) is 6.05. The highest BCUT2D eigenvalue weighted by Gasteiger charge is 2.07. The zero-order valence-corrected chi connectivity index (χ0v) is 17.1. The SMILES string of the molecule is Cc1ccc2nc(SCC(=O)NN=Cc3ccc(Cl)c(Cl)c3)cc(C)c2c1. The Hall–Kier alpha value is -2.08. The van der Waals surface area contributed by atoms with Gasteiger partial charge < -0.3 is 0 Å². The van der Waals surface area contributed by atoms with Crippen LogP contribution in [0.15, 0.2) is 52.6 Å². The topological polar surface area (TPSA) is 54.4 Å². The summed E-state index contributed by atoms with van der Waals surface area (Å²) >= 11 is 13.2. The number of rotatable bonds is 5. The Balaban J connectivity index is 1.59. The van der Waals surface area contributed by atoms with Crippen LogP contribution >= 0.6 is 35.0 Å². The van der Waals surface area contributed by atoms with E-state index in [1.807, 2.05) is 18.2 Å². The van der Waals surface area contributed by atoms with Gasteiger partial charge in [0.05, 0.1) is 32.6 Å². The Kier molecular flexibility index (Phi) is 6.37. The van der Waals surface area contributed by atoms with Gasteiger partial charge in [-0.15, -0.1) is 0 Å². The van der Waals surface area contributed by atoms with Gasteiger partial charge in [-0.1, -0.05) is 52.7 Å². The highest BCUT2D eigenvalue weighted by molar-refractivity contribution is 7.99. The molecule has 0 fully saturated rings. The minimum atomic E-state index is -0.209. The molecule has 0 bridgehead atoms. The van der Waals surface area contributed by atoms with Crippen molar-refractivity contribution < 1.29 is 4.79 Å². The van der Waals surface area contributed by atoms with Crippen LogP contribution in [0.5, 0.6) is 0 Å². The van der Waals surface area contributed by atoms with Gasteiger partial charge in [-0.25, -0.2) is 10.4 Å². The van der Waals surface area contributed by atoms with Crippen molar-refractivity contribution in [3.63, 3.8) is 0 Å². The van der Waals surface area contributed by atoms with Crippen molar-refractivity contribution in [2.75, 3.05) is 5.75 Å². The molecule has 3 aromatic rings. The molecule has 0 saturated carbocycles. The average Bonchev–Trinajstić information content (AvgIpc) is 2.63. The van der Waals surface area contributed by atoms with Gasteiger partial charge in [0.25, 0.3) is 0 Å². The lowest BCUT2D eigenvalue weighted by molar-refractivity contribution is -0.118. The van der Waals surface area contributed by atoms with Crippen LogP contribution in [0.4, 0.5) is 0 Å². The van der Waals surface area contributed by atoms with Crippen LogP contribution in [-0.4, -0.2) is 22.9 Å². The molecular weight excluding hydrogens is 401 g/mol. The molecule has 2 aromatic carbocycles. The van der Waals surface area contributed by atoms with Gasteiger partial charge in [0.1, 0.15) is 0 Å². The minimum Gasteiger partial charge on any atom is -0.272 e. The fourth-order valence-corrected chi connectivity index (χ4v) is 3.57. The highest BCUT2D eigenvalue weighted by atomic mass is 35.5. The number of benzene rings is 2. The third kappa shape index (κ3) is 5.22. The third-order valence-corrected chi connectivity index (χ3v) is 5.50. The third-order valence-electron chi connectivity index (χ3n) is 3.85. The molecule has 1 amide bonds. The van der Waals surface area contributed by atoms with E-state index in [0.29, 0.717) is 10.0 Å². The number of carbonyl (C=O) groups is 1. The maximum atomic E-state index is 12.0. The monoisotopic (exact) mass is 417 g/mol. The number of fused-ring (bicyclic) bond motifs is 1. The summed E-state index contributed by atoms with van der Waals surface area (Å²) in [5.74, 6) is 0.0162. The molecule has 0 aliphatic heterocycles. The van der Waals surface area contributed by atoms with Crippen molar-refractivity contribution in [3.05, 3.63) is 69.2 Å². The Morgan fingerprint density at radius 3 is 2.74 bits per heavy atom. The Labute approximate surface area is 172 Å². The number of hydrogen-bond donors (Lipinski definition) is 1. The Morgan fingerprint density at radius 1 is 1.15 bits per heavy atom. The molecule has 0 aliphatic carbocycles. The van der Waals surface area contributed by atoms with Crippen LogP contribution in [0.3, 0.4) is 0 Å². The fourth-order valence-electron chi connectivity index (χ4n) is 2.49. The number of hydrazone groups is 1. The van der Waals surface area contributed by atoms with E-state index in [9.17, 15) is 4.79 Å². The maximum absolute atomic E-state index is 12.0. The van der Waals surface area contributed by atoms with Crippen LogP contribution in [0.25, 0.3) is 10.9 Å². The summed E-state index contributed by atoms with van der Waals surface area (Å²) < 4.78 is 0. The summed E-state index contributed by atoms with van der Waals surface area (Å²) in [6, 6.07) is 13.3. The van der Waals surface area contributed by atoms with Gasteiger partial charge >= 0.3 is 0 Å². The van der Waals surface area contributed by atoms with Crippen molar-refractivity contribution in [1.29, 1.82) is 0 Å². The molecule has 1 N–H and O–H groups in total. The Morgan fingerprint density at radius 2 is 1.96 bits per heavy atom. The zero-order chi connectivity index (χ0) is 19.4. The second-order valence-corrected chi connectivity index (χ2v) is 7.86. The number of hydrogen-bond acceptors (Lipinski definition) is 4. The van der Waals surface area contributed by atoms with Crippen LogP contribution in [0.1, 0.15) is 16.7 Å². The van der Waals surface area contributed by atoms with Gasteiger partial charge in [0, 0.05) is 5.39 Å². The van der Waals surface area contributed by atoms with E-state index in [2.05, 4.69) is 35.4 Å². The number of carbonyl (C=O) groups excluding carboxylic acids is 1. The quantitative estimate of drug-likeness (QED) is 0.343. The largest absolute Gasteiger partial charge is 0.272 e. The molecule has 138 valence electrons. The Bertz CT molecular complexity index is 1040. The lowest BCUT2D eigenvalue weighted by Crippen LogP contribution is -2.19. The first-order valence-corrected chi connectivity index (χ1v) is 9.94. The molecule has 0 saturated heterocycles. The zero-order valence-electron chi connectivity index (χ0n) is 14.8. The first kappa shape index (κ1) is 19.7. The van der Waals surface area contributed by atoms with Gasteiger partial charge in [0.2, 0.25) is 5.91 Å². The highest BCUT2D eigenvalue weighted by Crippen LogP contribution is 2.24. The van der Waals surface area contributed by atoms with E-state index in [1.54, 1.807) is 18.2 Å². The van der Waals surface area contributed by atoms with E-state index in [1.165, 1.54) is 23.5 Å². The lowest BCUT2D eigenvalue weighted by Gasteiger charge is -2.07. The van der Waals surface area contributed by atoms with E-state index in [-0.39, 0.29) is 11.7 Å². The molecule has 0 unspecified atom stereocenters. The molecule has 3 rings (SSSR count). The number of aromatic nitrogens is 1. The van der Waals surface area contributed by atoms with E-state index in [0.717, 1.165) is 27.1 Å². The first-order chi connectivity index (χ1) is 12.9. The van der Waals surface area contributed by atoms with Gasteiger partial charge in [-0.3, -0.25) is 4.79 Å². The van der Waals surface area contributed by atoms with Crippen LogP contribution in [0.2, 0.25) is 10.0 Å². The molecule has 7 heteroatoms.